The maximum absolute atomic E-state index is 13.2. The van der Waals surface area contributed by atoms with Crippen LogP contribution in [0.5, 0.6) is 0 Å². The fourth-order valence-corrected chi connectivity index (χ4v) is 3.78. The van der Waals surface area contributed by atoms with Crippen molar-refractivity contribution in [3.8, 4) is 0 Å². The highest BCUT2D eigenvalue weighted by molar-refractivity contribution is 5.81. The Labute approximate surface area is 179 Å². The van der Waals surface area contributed by atoms with Gasteiger partial charge in [-0.05, 0) is 12.8 Å². The van der Waals surface area contributed by atoms with Gasteiger partial charge in [-0.15, -0.1) is 0 Å². The normalized spacial score (nSPS) is 23.5. The average Bonchev–Trinajstić information content (AvgIpc) is 3.29. The Morgan fingerprint density at radius 3 is 2.29 bits per heavy atom. The van der Waals surface area contributed by atoms with Gasteiger partial charge in [-0.25, -0.2) is 9.78 Å². The molecule has 1 saturated heterocycles. The number of carbonyl (C=O) groups is 1. The lowest BCUT2D eigenvalue weighted by Gasteiger charge is -2.19. The summed E-state index contributed by atoms with van der Waals surface area (Å²) in [4.78, 5) is 44.1. The van der Waals surface area contributed by atoms with E-state index in [-0.39, 0.29) is 17.7 Å². The van der Waals surface area contributed by atoms with Crippen LogP contribution in [0.4, 0.5) is 0 Å². The van der Waals surface area contributed by atoms with Crippen molar-refractivity contribution < 1.29 is 19.7 Å². The van der Waals surface area contributed by atoms with E-state index in [1.807, 2.05) is 13.8 Å². The summed E-state index contributed by atoms with van der Waals surface area (Å²) in [5, 5.41) is 21.0. The number of fused-ring (bicyclic) bond motifs is 1. The van der Waals surface area contributed by atoms with Gasteiger partial charge in [-0.3, -0.25) is 23.3 Å². The van der Waals surface area contributed by atoms with Gasteiger partial charge in [-0.1, -0.05) is 26.7 Å². The van der Waals surface area contributed by atoms with E-state index in [4.69, 9.17) is 4.74 Å². The summed E-state index contributed by atoms with van der Waals surface area (Å²) in [7, 11) is 3.03. The van der Waals surface area contributed by atoms with Crippen LogP contribution in [0.2, 0.25) is 0 Å². The van der Waals surface area contributed by atoms with Crippen molar-refractivity contribution in [2.75, 3.05) is 14.1 Å². The van der Waals surface area contributed by atoms with Gasteiger partial charge in [0.2, 0.25) is 0 Å². The maximum Gasteiger partial charge on any atom is 0.332 e. The molecule has 0 spiro atoms. The third-order valence-corrected chi connectivity index (χ3v) is 5.61. The quantitative estimate of drug-likeness (QED) is 0.578. The highest BCUT2D eigenvalue weighted by atomic mass is 16.6. The molecule has 2 aromatic rings. The lowest BCUT2D eigenvalue weighted by molar-refractivity contribution is -0.145. The smallest absolute Gasteiger partial charge is 0.332 e. The molecule has 1 amide bonds. The van der Waals surface area contributed by atoms with Crippen LogP contribution in [0.1, 0.15) is 45.8 Å². The zero-order chi connectivity index (χ0) is 22.9. The zero-order valence-corrected chi connectivity index (χ0v) is 18.4. The van der Waals surface area contributed by atoms with Crippen molar-refractivity contribution in [2.24, 2.45) is 0 Å². The third kappa shape index (κ3) is 4.04. The molecule has 4 atom stereocenters. The lowest BCUT2D eigenvalue weighted by atomic mass is 10.1. The number of aliphatic hydroxyl groups is 2. The van der Waals surface area contributed by atoms with Gasteiger partial charge in [0.05, 0.1) is 6.33 Å². The number of likely N-dealkylation sites (N-methyl/N-ethyl adjacent to an activating group) is 1. The molecule has 0 radical (unpaired) electrons. The molecule has 0 aromatic carbocycles. The van der Waals surface area contributed by atoms with Crippen molar-refractivity contribution in [1.29, 1.82) is 0 Å². The Morgan fingerprint density at radius 1 is 1.10 bits per heavy atom. The van der Waals surface area contributed by atoms with E-state index in [0.717, 1.165) is 19.3 Å². The Hall–Kier alpha value is -2.50. The number of hydrogen-bond acceptors (Lipinski definition) is 7. The number of carbonyl (C=O) groups excluding carboxylic acids is 1. The first-order valence-corrected chi connectivity index (χ1v) is 10.7. The number of nitrogens with zero attached hydrogens (tertiary/aromatic N) is 5. The second kappa shape index (κ2) is 9.33. The molecule has 2 N–H and O–H groups in total. The van der Waals surface area contributed by atoms with Crippen LogP contribution in [0.25, 0.3) is 11.2 Å². The van der Waals surface area contributed by atoms with E-state index >= 15 is 0 Å². The fourth-order valence-electron chi connectivity index (χ4n) is 3.78. The maximum atomic E-state index is 13.2. The molecule has 0 saturated carbocycles. The molecule has 1 aliphatic heterocycles. The van der Waals surface area contributed by atoms with E-state index in [9.17, 15) is 24.6 Å². The van der Waals surface area contributed by atoms with Gasteiger partial charge in [-0.2, -0.15) is 0 Å². The predicted octanol–water partition coefficient (Wildman–Crippen LogP) is -0.333. The van der Waals surface area contributed by atoms with Crippen molar-refractivity contribution >= 4 is 17.1 Å². The Balaban J connectivity index is 2.15. The minimum atomic E-state index is -1.47. The summed E-state index contributed by atoms with van der Waals surface area (Å²) < 4.78 is 9.65. The Kier molecular flexibility index (Phi) is 6.97. The van der Waals surface area contributed by atoms with Crippen molar-refractivity contribution in [2.45, 2.75) is 77.2 Å². The summed E-state index contributed by atoms with van der Waals surface area (Å²) >= 11 is 0. The van der Waals surface area contributed by atoms with Crippen LogP contribution < -0.4 is 11.2 Å². The number of hydrogen-bond donors (Lipinski definition) is 2. The summed E-state index contributed by atoms with van der Waals surface area (Å²) in [5.41, 5.74) is -0.658. The van der Waals surface area contributed by atoms with Crippen LogP contribution in [0.15, 0.2) is 15.9 Å². The number of rotatable bonds is 8. The standard InChI is InChI=1S/C20H31N5O6/c1-5-7-9-23-16-12(17(28)24(20(23)30)10-8-6-2)25(11-21-16)19-14(27)13(26)15(31-19)18(29)22(3)4/h11,13-15,19,26-27H,5-10H2,1-4H3. The van der Waals surface area contributed by atoms with Crippen LogP contribution in [-0.4, -0.2) is 72.1 Å². The highest BCUT2D eigenvalue weighted by Gasteiger charge is 2.48. The minimum Gasteiger partial charge on any atom is -0.387 e. The third-order valence-electron chi connectivity index (χ3n) is 5.61. The molecule has 1 fully saturated rings. The monoisotopic (exact) mass is 437 g/mol. The first-order chi connectivity index (χ1) is 14.7. The van der Waals surface area contributed by atoms with Crippen LogP contribution in [0.3, 0.4) is 0 Å². The predicted molar refractivity (Wildman–Crippen MR) is 113 cm³/mol. The summed E-state index contributed by atoms with van der Waals surface area (Å²) in [6.45, 7) is 4.63. The number of amides is 1. The van der Waals surface area contributed by atoms with Crippen LogP contribution in [0, 0.1) is 0 Å². The molecule has 11 heteroatoms. The summed E-state index contributed by atoms with van der Waals surface area (Å²) in [6, 6.07) is 0. The summed E-state index contributed by atoms with van der Waals surface area (Å²) in [5.74, 6) is -0.501. The lowest BCUT2D eigenvalue weighted by Crippen LogP contribution is -2.42. The molecule has 0 aliphatic carbocycles. The number of ether oxygens (including phenoxy) is 1. The summed E-state index contributed by atoms with van der Waals surface area (Å²) in [6.07, 6.45) is -1.04. The topological polar surface area (TPSA) is 132 Å². The molecule has 3 rings (SSSR count). The van der Waals surface area contributed by atoms with Crippen LogP contribution >= 0.6 is 0 Å². The molecule has 172 valence electrons. The second-order valence-electron chi connectivity index (χ2n) is 8.08. The number of aliphatic hydroxyl groups excluding tert-OH is 2. The molecule has 11 nitrogen and oxygen atoms in total. The van der Waals surface area contributed by atoms with Gasteiger partial charge in [0.25, 0.3) is 11.5 Å². The number of aryl methyl sites for hydroxylation is 1. The Morgan fingerprint density at radius 2 is 1.71 bits per heavy atom. The van der Waals surface area contributed by atoms with E-state index < -0.39 is 41.7 Å². The SMILES string of the molecule is CCCCn1c(=O)c2c(ncn2C2OC(C(=O)N(C)C)C(O)C2O)n(CCCC)c1=O. The van der Waals surface area contributed by atoms with Gasteiger partial charge < -0.3 is 19.8 Å². The van der Waals surface area contributed by atoms with Gasteiger partial charge >= 0.3 is 5.69 Å². The average molecular weight is 437 g/mol. The molecular formula is C20H31N5O6. The molecule has 31 heavy (non-hydrogen) atoms. The first kappa shape index (κ1) is 23.2. The van der Waals surface area contributed by atoms with Crippen molar-refractivity contribution in [3.05, 3.63) is 27.2 Å². The highest BCUT2D eigenvalue weighted by Crippen LogP contribution is 2.31. The second-order valence-corrected chi connectivity index (χ2v) is 8.08. The van der Waals surface area contributed by atoms with Gasteiger partial charge in [0.15, 0.2) is 23.5 Å². The number of aromatic nitrogens is 4. The van der Waals surface area contributed by atoms with E-state index in [1.54, 1.807) is 0 Å². The largest absolute Gasteiger partial charge is 0.387 e. The number of unbranched alkanes of at least 4 members (excludes halogenated alkanes) is 2. The molecule has 0 bridgehead atoms. The molecule has 2 aromatic heterocycles. The van der Waals surface area contributed by atoms with Gasteiger partial charge in [0.1, 0.15) is 12.2 Å². The molecular weight excluding hydrogens is 406 g/mol. The van der Waals surface area contributed by atoms with Crippen molar-refractivity contribution in [3.63, 3.8) is 0 Å². The van der Waals surface area contributed by atoms with E-state index in [0.29, 0.717) is 13.0 Å². The Bertz CT molecular complexity index is 1050. The molecule has 1 aliphatic rings. The zero-order valence-electron chi connectivity index (χ0n) is 18.4. The molecule has 4 unspecified atom stereocenters. The fraction of sp³-hybridized carbons (Fsp3) is 0.700. The molecule has 3 heterocycles. The first-order valence-electron chi connectivity index (χ1n) is 10.7. The van der Waals surface area contributed by atoms with E-state index in [2.05, 4.69) is 4.98 Å². The van der Waals surface area contributed by atoms with Crippen molar-refractivity contribution in [1.82, 2.24) is 23.6 Å². The van der Waals surface area contributed by atoms with E-state index in [1.165, 1.54) is 39.0 Å². The van der Waals surface area contributed by atoms with Crippen LogP contribution in [-0.2, 0) is 22.6 Å². The number of imidazole rings is 1. The van der Waals surface area contributed by atoms with Gasteiger partial charge in [0, 0.05) is 27.2 Å². The minimum absolute atomic E-state index is 0.0982.